The number of amides is 3. The van der Waals surface area contributed by atoms with Crippen LogP contribution in [0.3, 0.4) is 0 Å². The minimum absolute atomic E-state index is 0.0366. The number of urea groups is 1. The molecular weight excluding hydrogens is 628 g/mol. The van der Waals surface area contributed by atoms with Crippen LogP contribution in [0.1, 0.15) is 72.6 Å². The van der Waals surface area contributed by atoms with Gasteiger partial charge in [-0.25, -0.2) is 26.7 Å². The third-order valence-electron chi connectivity index (χ3n) is 12.1. The number of piperidine rings is 2. The Hall–Kier alpha value is -1.87. The molecule has 11 unspecified atom stereocenters. The molecule has 3 amide bonds. The van der Waals surface area contributed by atoms with Crippen LogP contribution < -0.4 is 20.7 Å². The van der Waals surface area contributed by atoms with E-state index in [1.165, 1.54) is 6.08 Å². The van der Waals surface area contributed by atoms with Crippen molar-refractivity contribution < 1.29 is 26.8 Å². The molecule has 5 aliphatic heterocycles. The maximum absolute atomic E-state index is 16.7. The predicted molar refractivity (Wildman–Crippen MR) is 176 cm³/mol. The van der Waals surface area contributed by atoms with Gasteiger partial charge in [0.05, 0.1) is 24.1 Å². The number of nitrogens with zero attached hydrogens (tertiary/aromatic N) is 3. The second kappa shape index (κ2) is 13.8. The van der Waals surface area contributed by atoms with Crippen LogP contribution >= 0.6 is 0 Å². The van der Waals surface area contributed by atoms with Gasteiger partial charge >= 0.3 is 6.03 Å². The molecule has 4 N–H and O–H groups in total. The fourth-order valence-corrected chi connectivity index (χ4v) is 11.3. The van der Waals surface area contributed by atoms with Crippen molar-refractivity contribution in [3.63, 3.8) is 0 Å². The third kappa shape index (κ3) is 6.70. The summed E-state index contributed by atoms with van der Waals surface area (Å²) in [6.45, 7) is 13.6. The van der Waals surface area contributed by atoms with Gasteiger partial charge in [-0.05, 0) is 83.2 Å². The van der Waals surface area contributed by atoms with Crippen molar-refractivity contribution in [2.24, 2.45) is 23.7 Å². The summed E-state index contributed by atoms with van der Waals surface area (Å²) >= 11 is 0. The van der Waals surface area contributed by atoms with Crippen LogP contribution in [0.4, 0.5) is 13.6 Å². The van der Waals surface area contributed by atoms with Crippen molar-refractivity contribution in [3.8, 4) is 0 Å². The van der Waals surface area contributed by atoms with Crippen molar-refractivity contribution in [2.45, 2.75) is 134 Å². The zero-order valence-corrected chi connectivity index (χ0v) is 29.1. The van der Waals surface area contributed by atoms with Crippen LogP contribution in [0, 0.1) is 23.7 Å². The SMILES string of the molecule is C=CC(=O)N1C[C@H](C)N(C2NC(=O)N3C4NC(C(F)CC42)C2C(F)CCCC2NS(=O)(=O)CCCC2CCNC(C(C)C)C23)C[C@H]1C. The molecule has 11 nitrogen and oxygen atoms in total. The number of nitrogens with one attached hydrogen (secondary N) is 4. The Morgan fingerprint density at radius 2 is 1.79 bits per heavy atom. The van der Waals surface area contributed by atoms with E-state index in [0.29, 0.717) is 38.8 Å². The smallest absolute Gasteiger partial charge is 0.320 e. The molecule has 6 aliphatic rings. The summed E-state index contributed by atoms with van der Waals surface area (Å²) in [5, 5.41) is 10.5. The van der Waals surface area contributed by atoms with Crippen LogP contribution in [0.25, 0.3) is 0 Å². The number of piperazine rings is 1. The minimum atomic E-state index is -3.72. The van der Waals surface area contributed by atoms with E-state index in [-0.39, 0.29) is 72.5 Å². The van der Waals surface area contributed by atoms with Crippen molar-refractivity contribution in [3.05, 3.63) is 12.7 Å². The molecule has 5 saturated heterocycles. The van der Waals surface area contributed by atoms with Gasteiger partial charge in [-0.3, -0.25) is 15.0 Å². The highest BCUT2D eigenvalue weighted by atomic mass is 32.2. The molecule has 1 saturated carbocycles. The van der Waals surface area contributed by atoms with Gasteiger partial charge in [0.1, 0.15) is 12.3 Å². The highest BCUT2D eigenvalue weighted by molar-refractivity contribution is 7.89. The van der Waals surface area contributed by atoms with E-state index in [9.17, 15) is 18.0 Å². The van der Waals surface area contributed by atoms with Gasteiger partial charge < -0.3 is 20.4 Å². The second-order valence-corrected chi connectivity index (χ2v) is 17.3. The average molecular weight is 684 g/mol. The van der Waals surface area contributed by atoms with Gasteiger partial charge in [0, 0.05) is 55.1 Å². The maximum Gasteiger partial charge on any atom is 0.320 e. The number of hydrogen-bond donors (Lipinski definition) is 4. The Morgan fingerprint density at radius 1 is 1.02 bits per heavy atom. The van der Waals surface area contributed by atoms with Gasteiger partial charge in [0.2, 0.25) is 15.9 Å². The fraction of sp³-hybridized carbons (Fsp3) is 0.879. The fourth-order valence-electron chi connectivity index (χ4n) is 9.92. The Kier molecular flexibility index (Phi) is 10.3. The van der Waals surface area contributed by atoms with Gasteiger partial charge in [0.25, 0.3) is 0 Å². The first-order chi connectivity index (χ1) is 22.3. The summed E-state index contributed by atoms with van der Waals surface area (Å²) in [5.41, 5.74) is 0. The lowest BCUT2D eigenvalue weighted by Gasteiger charge is -2.60. The first kappa shape index (κ1) is 35.0. The number of carbonyl (C=O) groups is 2. The Morgan fingerprint density at radius 3 is 2.51 bits per heavy atom. The van der Waals surface area contributed by atoms with Crippen LogP contribution in [0.5, 0.6) is 0 Å². The lowest BCUT2D eigenvalue weighted by Crippen LogP contribution is -2.80. The van der Waals surface area contributed by atoms with Crippen molar-refractivity contribution in [1.82, 2.24) is 35.4 Å². The molecule has 0 aromatic carbocycles. The van der Waals surface area contributed by atoms with Crippen LogP contribution in [0.2, 0.25) is 0 Å². The first-order valence-corrected chi connectivity index (χ1v) is 19.5. The molecule has 6 rings (SSSR count). The van der Waals surface area contributed by atoms with E-state index in [4.69, 9.17) is 0 Å². The summed E-state index contributed by atoms with van der Waals surface area (Å²) in [5.74, 6) is -1.27. The second-order valence-electron chi connectivity index (χ2n) is 15.4. The van der Waals surface area contributed by atoms with Crippen LogP contribution in [0.15, 0.2) is 12.7 Å². The molecule has 0 radical (unpaired) electrons. The number of hydrogen-bond acceptors (Lipinski definition) is 7. The van der Waals surface area contributed by atoms with E-state index < -0.39 is 52.7 Å². The molecule has 1 aliphatic carbocycles. The number of carbonyl (C=O) groups excluding carboxylic acids is 2. The molecule has 47 heavy (non-hydrogen) atoms. The molecule has 0 spiro atoms. The number of fused-ring (bicyclic) bond motifs is 5. The minimum Gasteiger partial charge on any atom is -0.334 e. The van der Waals surface area contributed by atoms with E-state index >= 15 is 8.78 Å². The maximum atomic E-state index is 16.7. The monoisotopic (exact) mass is 683 g/mol. The molecule has 2 bridgehead atoms. The topological polar surface area (TPSA) is 126 Å². The summed E-state index contributed by atoms with van der Waals surface area (Å²) in [7, 11) is -3.72. The number of rotatable bonds is 3. The number of halogens is 2. The zero-order chi connectivity index (χ0) is 33.8. The molecule has 0 aromatic heterocycles. The Balaban J connectivity index is 1.42. The van der Waals surface area contributed by atoms with E-state index in [1.807, 2.05) is 18.7 Å². The van der Waals surface area contributed by atoms with Crippen LogP contribution in [-0.2, 0) is 14.8 Å². The van der Waals surface area contributed by atoms with E-state index in [0.717, 1.165) is 13.0 Å². The van der Waals surface area contributed by atoms with Crippen molar-refractivity contribution >= 4 is 22.0 Å². The lowest BCUT2D eigenvalue weighted by atomic mass is 9.72. The lowest BCUT2D eigenvalue weighted by molar-refractivity contribution is -0.136. The largest absolute Gasteiger partial charge is 0.334 e. The molecule has 5 heterocycles. The molecular formula is C33H55F2N7O4S. The van der Waals surface area contributed by atoms with Crippen molar-refractivity contribution in [2.75, 3.05) is 25.4 Å². The highest BCUT2D eigenvalue weighted by Crippen LogP contribution is 2.43. The van der Waals surface area contributed by atoms with Gasteiger partial charge in [0.15, 0.2) is 0 Å². The molecule has 266 valence electrons. The average Bonchev–Trinajstić information content (AvgIpc) is 3.01. The number of sulfonamides is 1. The van der Waals surface area contributed by atoms with Crippen molar-refractivity contribution in [1.29, 1.82) is 0 Å². The quantitative estimate of drug-likeness (QED) is 0.337. The molecule has 6 fully saturated rings. The third-order valence-corrected chi connectivity index (χ3v) is 13.6. The number of alkyl halides is 2. The summed E-state index contributed by atoms with van der Waals surface area (Å²) in [6.07, 6.45) is 0.571. The standard InChI is InChI=1S/C33H55F2N7O4S/c1-6-26(43)40-16-20(5)41(17-19(40)4)31-22-15-24(35)29-27-23(34)10-7-11-25(27)39-47(45,46)14-8-9-21-12-13-36-28(18(2)3)30(21)42(32(22)37-29)33(44)38-31/h6,18-25,27-32,36-37,39H,1,7-17H2,2-5H3,(H,38,44)/t19-,20+,21?,22?,23?,24?,25?,27?,28?,29?,30?,31?,32?/m1/s1. The van der Waals surface area contributed by atoms with Gasteiger partial charge in [-0.2, -0.15) is 0 Å². The first-order valence-electron chi connectivity index (χ1n) is 17.9. The van der Waals surface area contributed by atoms with Gasteiger partial charge in [-0.1, -0.05) is 20.4 Å². The Bertz CT molecular complexity index is 1290. The summed E-state index contributed by atoms with van der Waals surface area (Å²) in [6, 6.07) is -2.49. The van der Waals surface area contributed by atoms with Gasteiger partial charge in [-0.15, -0.1) is 0 Å². The summed E-state index contributed by atoms with van der Waals surface area (Å²) in [4.78, 5) is 33.1. The zero-order valence-electron chi connectivity index (χ0n) is 28.3. The van der Waals surface area contributed by atoms with E-state index in [2.05, 4.69) is 46.0 Å². The predicted octanol–water partition coefficient (Wildman–Crippen LogP) is 2.31. The van der Waals surface area contributed by atoms with Crippen LogP contribution in [-0.4, -0.2) is 121 Å². The normalized spacial score (nSPS) is 44.6. The molecule has 13 atom stereocenters. The molecule has 0 aromatic rings. The molecule has 14 heteroatoms. The summed E-state index contributed by atoms with van der Waals surface area (Å²) < 4.78 is 62.2. The highest BCUT2D eigenvalue weighted by Gasteiger charge is 2.58. The van der Waals surface area contributed by atoms with E-state index in [1.54, 1.807) is 4.90 Å². The Labute approximate surface area is 279 Å².